The minimum atomic E-state index is 0.0590. The molecule has 0 bridgehead atoms. The van der Waals surface area contributed by atoms with Crippen LogP contribution >= 0.6 is 0 Å². The number of carbonyl (C=O) groups excluding carboxylic acids is 1. The van der Waals surface area contributed by atoms with Gasteiger partial charge in [-0.3, -0.25) is 4.79 Å². The molecule has 0 fully saturated rings. The zero-order valence-corrected chi connectivity index (χ0v) is 13.3. The third kappa shape index (κ3) is 6.17. The van der Waals surface area contributed by atoms with Crippen molar-refractivity contribution in [2.75, 3.05) is 19.7 Å². The number of nitrogens with two attached hydrogens (primary N) is 1. The number of nitrogens with zero attached hydrogens (tertiary/aromatic N) is 1. The fraction of sp³-hybridized carbons (Fsp3) is 0.588. The SMILES string of the molecule is CCCCN(CCCC)C(=O)COc1ccccc1CN. The smallest absolute Gasteiger partial charge is 0.260 e. The molecule has 0 aromatic heterocycles. The van der Waals surface area contributed by atoms with Gasteiger partial charge >= 0.3 is 0 Å². The molecule has 0 spiro atoms. The largest absolute Gasteiger partial charge is 0.483 e. The number of amides is 1. The first-order valence-electron chi connectivity index (χ1n) is 7.91. The van der Waals surface area contributed by atoms with Gasteiger partial charge in [-0.15, -0.1) is 0 Å². The fourth-order valence-corrected chi connectivity index (χ4v) is 2.10. The molecule has 118 valence electrons. The van der Waals surface area contributed by atoms with Crippen LogP contribution in [0.15, 0.2) is 24.3 Å². The zero-order valence-electron chi connectivity index (χ0n) is 13.3. The quantitative estimate of drug-likeness (QED) is 0.721. The zero-order chi connectivity index (χ0) is 15.5. The maximum atomic E-state index is 12.3. The lowest BCUT2D eigenvalue weighted by Crippen LogP contribution is -2.36. The number of hydrogen-bond donors (Lipinski definition) is 1. The van der Waals surface area contributed by atoms with Crippen LogP contribution in [-0.4, -0.2) is 30.5 Å². The number of rotatable bonds is 10. The third-order valence-corrected chi connectivity index (χ3v) is 3.46. The van der Waals surface area contributed by atoms with E-state index in [1.165, 1.54) is 0 Å². The standard InChI is InChI=1S/C17H28N2O2/c1-3-5-11-19(12-6-4-2)17(20)14-21-16-10-8-7-9-15(16)13-18/h7-10H,3-6,11-14,18H2,1-2H3. The van der Waals surface area contributed by atoms with Crippen molar-refractivity contribution in [2.45, 2.75) is 46.1 Å². The molecule has 1 aromatic rings. The molecular weight excluding hydrogens is 264 g/mol. The Balaban J connectivity index is 2.55. The Morgan fingerprint density at radius 1 is 1.14 bits per heavy atom. The highest BCUT2D eigenvalue weighted by atomic mass is 16.5. The molecule has 0 saturated heterocycles. The van der Waals surface area contributed by atoms with E-state index in [2.05, 4.69) is 13.8 Å². The predicted molar refractivity (Wildman–Crippen MR) is 86.2 cm³/mol. The summed E-state index contributed by atoms with van der Waals surface area (Å²) in [6, 6.07) is 7.60. The Morgan fingerprint density at radius 3 is 2.33 bits per heavy atom. The van der Waals surface area contributed by atoms with Crippen molar-refractivity contribution in [1.29, 1.82) is 0 Å². The van der Waals surface area contributed by atoms with Gasteiger partial charge in [-0.2, -0.15) is 0 Å². The first-order valence-corrected chi connectivity index (χ1v) is 7.91. The van der Waals surface area contributed by atoms with E-state index in [4.69, 9.17) is 10.5 Å². The first-order chi connectivity index (χ1) is 10.2. The molecule has 0 heterocycles. The number of para-hydroxylation sites is 1. The van der Waals surface area contributed by atoms with E-state index < -0.39 is 0 Å². The van der Waals surface area contributed by atoms with Gasteiger partial charge in [0.05, 0.1) is 0 Å². The van der Waals surface area contributed by atoms with Gasteiger partial charge in [-0.1, -0.05) is 44.9 Å². The molecule has 1 rings (SSSR count). The Morgan fingerprint density at radius 2 is 1.76 bits per heavy atom. The molecule has 0 unspecified atom stereocenters. The van der Waals surface area contributed by atoms with Crippen LogP contribution in [-0.2, 0) is 11.3 Å². The highest BCUT2D eigenvalue weighted by Crippen LogP contribution is 2.17. The summed E-state index contributed by atoms with van der Waals surface area (Å²) in [5.41, 5.74) is 6.60. The summed E-state index contributed by atoms with van der Waals surface area (Å²) in [5, 5.41) is 0. The molecule has 4 nitrogen and oxygen atoms in total. The monoisotopic (exact) mass is 292 g/mol. The van der Waals surface area contributed by atoms with Crippen LogP contribution in [0.1, 0.15) is 45.1 Å². The molecule has 2 N–H and O–H groups in total. The average molecular weight is 292 g/mol. The maximum Gasteiger partial charge on any atom is 0.260 e. The lowest BCUT2D eigenvalue weighted by Gasteiger charge is -2.22. The van der Waals surface area contributed by atoms with Crippen molar-refractivity contribution in [3.05, 3.63) is 29.8 Å². The minimum Gasteiger partial charge on any atom is -0.483 e. The van der Waals surface area contributed by atoms with E-state index in [1.807, 2.05) is 29.2 Å². The van der Waals surface area contributed by atoms with E-state index in [0.717, 1.165) is 44.3 Å². The summed E-state index contributed by atoms with van der Waals surface area (Å²) in [6.45, 7) is 6.41. The molecule has 0 radical (unpaired) electrons. The van der Waals surface area contributed by atoms with Gasteiger partial charge in [0, 0.05) is 25.2 Å². The third-order valence-electron chi connectivity index (χ3n) is 3.46. The lowest BCUT2D eigenvalue weighted by molar-refractivity contribution is -0.133. The second kappa shape index (κ2) is 10.2. The van der Waals surface area contributed by atoms with Crippen LogP contribution in [0.25, 0.3) is 0 Å². The van der Waals surface area contributed by atoms with Gasteiger partial charge in [-0.05, 0) is 18.9 Å². The van der Waals surface area contributed by atoms with Crippen molar-refractivity contribution in [3.8, 4) is 5.75 Å². The van der Waals surface area contributed by atoms with E-state index in [-0.39, 0.29) is 12.5 Å². The minimum absolute atomic E-state index is 0.0590. The number of ether oxygens (including phenoxy) is 1. The number of carbonyl (C=O) groups is 1. The molecule has 21 heavy (non-hydrogen) atoms. The molecule has 0 aliphatic heterocycles. The lowest BCUT2D eigenvalue weighted by atomic mass is 10.2. The molecule has 0 saturated carbocycles. The van der Waals surface area contributed by atoms with Gasteiger partial charge in [0.25, 0.3) is 5.91 Å². The van der Waals surface area contributed by atoms with Crippen LogP contribution in [0.4, 0.5) is 0 Å². The molecular formula is C17H28N2O2. The van der Waals surface area contributed by atoms with Gasteiger partial charge in [-0.25, -0.2) is 0 Å². The topological polar surface area (TPSA) is 55.6 Å². The van der Waals surface area contributed by atoms with Crippen LogP contribution in [0.3, 0.4) is 0 Å². The van der Waals surface area contributed by atoms with Gasteiger partial charge in [0.2, 0.25) is 0 Å². The Kier molecular flexibility index (Phi) is 8.51. The van der Waals surface area contributed by atoms with Crippen LogP contribution in [0.2, 0.25) is 0 Å². The summed E-state index contributed by atoms with van der Waals surface area (Å²) in [5.74, 6) is 0.767. The highest BCUT2D eigenvalue weighted by molar-refractivity contribution is 5.77. The molecule has 1 aromatic carbocycles. The molecule has 0 aliphatic rings. The first kappa shape index (κ1) is 17.5. The summed E-state index contributed by atoms with van der Waals surface area (Å²) in [6.07, 6.45) is 4.25. The predicted octanol–water partition coefficient (Wildman–Crippen LogP) is 2.95. The fourth-order valence-electron chi connectivity index (χ4n) is 2.10. The van der Waals surface area contributed by atoms with Crippen molar-refractivity contribution in [1.82, 2.24) is 4.90 Å². The summed E-state index contributed by atoms with van der Waals surface area (Å²) < 4.78 is 5.66. The second-order valence-corrected chi connectivity index (χ2v) is 5.19. The van der Waals surface area contributed by atoms with Crippen LogP contribution in [0.5, 0.6) is 5.75 Å². The molecule has 0 atom stereocenters. The second-order valence-electron chi connectivity index (χ2n) is 5.19. The molecule has 1 amide bonds. The van der Waals surface area contributed by atoms with Crippen molar-refractivity contribution in [2.24, 2.45) is 5.73 Å². The molecule has 4 heteroatoms. The van der Waals surface area contributed by atoms with Crippen LogP contribution in [0, 0.1) is 0 Å². The molecule has 0 aliphatic carbocycles. The van der Waals surface area contributed by atoms with E-state index >= 15 is 0 Å². The van der Waals surface area contributed by atoms with Crippen molar-refractivity contribution >= 4 is 5.91 Å². The maximum absolute atomic E-state index is 12.3. The summed E-state index contributed by atoms with van der Waals surface area (Å²) >= 11 is 0. The Labute approximate surface area is 128 Å². The van der Waals surface area contributed by atoms with Gasteiger partial charge in [0.15, 0.2) is 6.61 Å². The van der Waals surface area contributed by atoms with E-state index in [9.17, 15) is 4.79 Å². The van der Waals surface area contributed by atoms with Crippen LogP contribution < -0.4 is 10.5 Å². The van der Waals surface area contributed by atoms with Crippen molar-refractivity contribution in [3.63, 3.8) is 0 Å². The van der Waals surface area contributed by atoms with E-state index in [0.29, 0.717) is 12.3 Å². The highest BCUT2D eigenvalue weighted by Gasteiger charge is 2.13. The number of hydrogen-bond acceptors (Lipinski definition) is 3. The number of unbranched alkanes of at least 4 members (excludes halogenated alkanes) is 2. The summed E-state index contributed by atoms with van der Waals surface area (Å²) in [4.78, 5) is 14.2. The number of benzene rings is 1. The van der Waals surface area contributed by atoms with Gasteiger partial charge in [0.1, 0.15) is 5.75 Å². The van der Waals surface area contributed by atoms with Crippen molar-refractivity contribution < 1.29 is 9.53 Å². The Bertz CT molecular complexity index is 413. The Hall–Kier alpha value is -1.55. The van der Waals surface area contributed by atoms with Gasteiger partial charge < -0.3 is 15.4 Å². The summed E-state index contributed by atoms with van der Waals surface area (Å²) in [7, 11) is 0. The van der Waals surface area contributed by atoms with E-state index in [1.54, 1.807) is 0 Å². The average Bonchev–Trinajstić information content (AvgIpc) is 2.53. The normalized spacial score (nSPS) is 10.4.